The maximum atomic E-state index is 12.9. The van der Waals surface area contributed by atoms with Crippen molar-refractivity contribution in [1.29, 1.82) is 0 Å². The third kappa shape index (κ3) is 3.39. The van der Waals surface area contributed by atoms with Crippen LogP contribution < -0.4 is 0 Å². The molecule has 1 amide bonds. The molecule has 142 valence electrons. The molecule has 1 aliphatic carbocycles. The Morgan fingerprint density at radius 3 is 2.11 bits per heavy atom. The highest BCUT2D eigenvalue weighted by molar-refractivity contribution is 6.49. The summed E-state index contributed by atoms with van der Waals surface area (Å²) in [5.74, 6) is -0.318. The number of fused-ring (bicyclic) bond motifs is 1. The number of carbonyl (C=O) groups excluding carboxylic acids is 3. The Morgan fingerprint density at radius 1 is 0.889 bits per heavy atom. The normalized spacial score (nSPS) is 21.1. The van der Waals surface area contributed by atoms with E-state index in [9.17, 15) is 14.4 Å². The highest BCUT2D eigenvalue weighted by atomic mass is 35.5. The van der Waals surface area contributed by atoms with E-state index in [4.69, 9.17) is 11.6 Å². The predicted octanol–water partition coefficient (Wildman–Crippen LogP) is 1.76. The number of likely N-dealkylation sites (tertiary alicyclic amines) is 1. The molecule has 1 aromatic rings. The summed E-state index contributed by atoms with van der Waals surface area (Å²) in [6.07, 6.45) is 2.17. The molecule has 6 nitrogen and oxygen atoms in total. The minimum atomic E-state index is -0.298. The Balaban J connectivity index is 1.43. The predicted molar refractivity (Wildman–Crippen MR) is 102 cm³/mol. The number of allylic oxidation sites excluding steroid dienone is 2. The number of hydrogen-bond donors (Lipinski definition) is 0. The molecule has 3 aliphatic rings. The van der Waals surface area contributed by atoms with Crippen molar-refractivity contribution in [2.45, 2.75) is 12.8 Å². The molecular formula is C20H22ClN3O3. The molecule has 0 spiro atoms. The van der Waals surface area contributed by atoms with Crippen LogP contribution in [0.15, 0.2) is 35.0 Å². The maximum Gasteiger partial charge on any atom is 0.236 e. The fourth-order valence-corrected chi connectivity index (χ4v) is 4.31. The number of nitrogens with zero attached hydrogens (tertiary/aromatic N) is 3. The van der Waals surface area contributed by atoms with Gasteiger partial charge in [-0.1, -0.05) is 35.9 Å². The van der Waals surface area contributed by atoms with Gasteiger partial charge in [0.2, 0.25) is 17.5 Å². The molecule has 7 heteroatoms. The van der Waals surface area contributed by atoms with E-state index in [0.717, 1.165) is 25.9 Å². The summed E-state index contributed by atoms with van der Waals surface area (Å²) < 4.78 is 0. The average molecular weight is 388 g/mol. The van der Waals surface area contributed by atoms with Gasteiger partial charge < -0.3 is 9.80 Å². The van der Waals surface area contributed by atoms with Crippen LogP contribution in [0.5, 0.6) is 0 Å². The number of hydrogen-bond acceptors (Lipinski definition) is 5. The molecule has 0 radical (unpaired) electrons. The molecule has 2 saturated heterocycles. The third-order valence-corrected chi connectivity index (χ3v) is 5.90. The SMILES string of the molecule is O=C1C(Cl)=C(N2CCN(CC(=O)N3CCCC3)CC2)C(=O)c2ccccc21. The van der Waals surface area contributed by atoms with Crippen LogP contribution in [0.3, 0.4) is 0 Å². The smallest absolute Gasteiger partial charge is 0.236 e. The summed E-state index contributed by atoms with van der Waals surface area (Å²) in [4.78, 5) is 43.7. The van der Waals surface area contributed by atoms with Gasteiger partial charge in [0, 0.05) is 50.4 Å². The zero-order valence-corrected chi connectivity index (χ0v) is 15.9. The molecular weight excluding hydrogens is 366 g/mol. The van der Waals surface area contributed by atoms with Gasteiger partial charge in [-0.05, 0) is 12.8 Å². The van der Waals surface area contributed by atoms with Crippen LogP contribution in [0.25, 0.3) is 0 Å². The number of benzene rings is 1. The second kappa shape index (κ2) is 7.44. The highest BCUT2D eigenvalue weighted by Crippen LogP contribution is 2.31. The molecule has 27 heavy (non-hydrogen) atoms. The van der Waals surface area contributed by atoms with E-state index in [-0.39, 0.29) is 22.5 Å². The van der Waals surface area contributed by atoms with Gasteiger partial charge in [-0.25, -0.2) is 0 Å². The Morgan fingerprint density at radius 2 is 1.48 bits per heavy atom. The molecule has 1 aromatic carbocycles. The molecule has 0 unspecified atom stereocenters. The molecule has 0 saturated carbocycles. The van der Waals surface area contributed by atoms with E-state index < -0.39 is 0 Å². The Kier molecular flexibility index (Phi) is 5.02. The van der Waals surface area contributed by atoms with Gasteiger partial charge in [-0.3, -0.25) is 19.3 Å². The maximum absolute atomic E-state index is 12.9. The zero-order valence-electron chi connectivity index (χ0n) is 15.1. The van der Waals surface area contributed by atoms with E-state index in [0.29, 0.717) is 49.5 Å². The van der Waals surface area contributed by atoms with Gasteiger partial charge in [0.25, 0.3) is 0 Å². The van der Waals surface area contributed by atoms with Crippen molar-refractivity contribution in [2.75, 3.05) is 45.8 Å². The van der Waals surface area contributed by atoms with Crippen LogP contribution in [0.1, 0.15) is 33.6 Å². The summed E-state index contributed by atoms with van der Waals surface area (Å²) in [7, 11) is 0. The Bertz CT molecular complexity index is 822. The molecule has 0 bridgehead atoms. The second-order valence-electron chi connectivity index (χ2n) is 7.22. The molecule has 0 atom stereocenters. The number of ketones is 2. The van der Waals surface area contributed by atoms with Crippen LogP contribution >= 0.6 is 11.6 Å². The van der Waals surface area contributed by atoms with Crippen molar-refractivity contribution >= 4 is 29.1 Å². The van der Waals surface area contributed by atoms with Crippen LogP contribution in [0.2, 0.25) is 0 Å². The monoisotopic (exact) mass is 387 g/mol. The molecule has 0 N–H and O–H groups in total. The van der Waals surface area contributed by atoms with Gasteiger partial charge in [-0.15, -0.1) is 0 Å². The largest absolute Gasteiger partial charge is 0.364 e. The van der Waals surface area contributed by atoms with Crippen molar-refractivity contribution < 1.29 is 14.4 Å². The Hall–Kier alpha value is -2.18. The lowest BCUT2D eigenvalue weighted by atomic mass is 9.91. The van der Waals surface area contributed by atoms with E-state index in [1.807, 2.05) is 9.80 Å². The number of halogens is 1. The van der Waals surface area contributed by atoms with Gasteiger partial charge in [0.1, 0.15) is 10.7 Å². The van der Waals surface area contributed by atoms with Crippen molar-refractivity contribution in [3.8, 4) is 0 Å². The first-order valence-electron chi connectivity index (χ1n) is 9.39. The first kappa shape index (κ1) is 18.2. The first-order valence-corrected chi connectivity index (χ1v) is 9.77. The van der Waals surface area contributed by atoms with Crippen molar-refractivity contribution in [2.24, 2.45) is 0 Å². The molecule has 2 fully saturated rings. The number of amides is 1. The zero-order chi connectivity index (χ0) is 19.0. The van der Waals surface area contributed by atoms with E-state index in [1.165, 1.54) is 0 Å². The van der Waals surface area contributed by atoms with Gasteiger partial charge >= 0.3 is 0 Å². The number of carbonyl (C=O) groups is 3. The molecule has 2 heterocycles. The van der Waals surface area contributed by atoms with Crippen molar-refractivity contribution in [3.63, 3.8) is 0 Å². The van der Waals surface area contributed by atoms with Crippen molar-refractivity contribution in [1.82, 2.24) is 14.7 Å². The summed E-state index contributed by atoms with van der Waals surface area (Å²) in [5.41, 5.74) is 1.07. The third-order valence-electron chi connectivity index (χ3n) is 5.54. The van der Waals surface area contributed by atoms with Crippen molar-refractivity contribution in [3.05, 3.63) is 46.1 Å². The summed E-state index contributed by atoms with van der Waals surface area (Å²) in [6, 6.07) is 6.79. The van der Waals surface area contributed by atoms with Crippen LogP contribution in [0.4, 0.5) is 0 Å². The number of piperazine rings is 1. The lowest BCUT2D eigenvalue weighted by Crippen LogP contribution is -2.50. The number of rotatable bonds is 3. The number of Topliss-reactive ketones (excluding diaryl/α,β-unsaturated/α-hetero) is 2. The van der Waals surface area contributed by atoms with Gasteiger partial charge in [0.05, 0.1) is 6.54 Å². The lowest BCUT2D eigenvalue weighted by molar-refractivity contribution is -0.131. The van der Waals surface area contributed by atoms with Crippen LogP contribution in [0, 0.1) is 0 Å². The van der Waals surface area contributed by atoms with Crippen LogP contribution in [-0.4, -0.2) is 78.0 Å². The van der Waals surface area contributed by atoms with Gasteiger partial charge in [0.15, 0.2) is 0 Å². The molecule has 2 aliphatic heterocycles. The van der Waals surface area contributed by atoms with E-state index >= 15 is 0 Å². The Labute approximate surface area is 163 Å². The quantitative estimate of drug-likeness (QED) is 0.790. The van der Waals surface area contributed by atoms with Crippen LogP contribution in [-0.2, 0) is 4.79 Å². The lowest BCUT2D eigenvalue weighted by Gasteiger charge is -2.38. The summed E-state index contributed by atoms with van der Waals surface area (Å²) in [5, 5.41) is 0.000271. The highest BCUT2D eigenvalue weighted by Gasteiger charge is 2.35. The minimum Gasteiger partial charge on any atom is -0.364 e. The van der Waals surface area contributed by atoms with E-state index in [2.05, 4.69) is 4.90 Å². The first-order chi connectivity index (χ1) is 13.1. The second-order valence-corrected chi connectivity index (χ2v) is 7.60. The molecule has 4 rings (SSSR count). The summed E-state index contributed by atoms with van der Waals surface area (Å²) in [6.45, 7) is 4.59. The van der Waals surface area contributed by atoms with E-state index in [1.54, 1.807) is 24.3 Å². The average Bonchev–Trinajstić information content (AvgIpc) is 3.23. The summed E-state index contributed by atoms with van der Waals surface area (Å²) >= 11 is 6.29. The fraction of sp³-hybridized carbons (Fsp3) is 0.450. The topological polar surface area (TPSA) is 60.9 Å². The fourth-order valence-electron chi connectivity index (χ4n) is 4.00. The minimum absolute atomic E-state index is 0.000271. The standard InChI is InChI=1S/C20H22ClN3O3/c21-17-18(20(27)15-6-2-1-5-14(15)19(17)26)24-11-9-22(10-12-24)13-16(25)23-7-3-4-8-23/h1-2,5-6H,3-4,7-13H2. The molecule has 0 aromatic heterocycles. The van der Waals surface area contributed by atoms with Gasteiger partial charge in [-0.2, -0.15) is 0 Å².